The van der Waals surface area contributed by atoms with Gasteiger partial charge in [-0.05, 0) is 31.2 Å². The third-order valence-corrected chi connectivity index (χ3v) is 6.02. The van der Waals surface area contributed by atoms with Gasteiger partial charge in [0.2, 0.25) is 5.91 Å². The van der Waals surface area contributed by atoms with E-state index < -0.39 is 11.0 Å². The lowest BCUT2D eigenvalue weighted by atomic mass is 9.54. The lowest BCUT2D eigenvalue weighted by Crippen LogP contribution is -2.74. The summed E-state index contributed by atoms with van der Waals surface area (Å²) in [5.41, 5.74) is 8.59. The minimum absolute atomic E-state index is 0.00451. The molecule has 1 saturated carbocycles. The minimum Gasteiger partial charge on any atom is -0.378 e. The van der Waals surface area contributed by atoms with Crippen molar-refractivity contribution in [2.45, 2.75) is 38.8 Å². The summed E-state index contributed by atoms with van der Waals surface area (Å²) in [4.78, 5) is 20.9. The predicted molar refractivity (Wildman–Crippen MR) is 111 cm³/mol. The molecule has 0 bridgehead atoms. The van der Waals surface area contributed by atoms with Gasteiger partial charge in [-0.15, -0.1) is 0 Å². The Labute approximate surface area is 164 Å². The third kappa shape index (κ3) is 2.89. The summed E-state index contributed by atoms with van der Waals surface area (Å²) in [6.45, 7) is 6.55. The van der Waals surface area contributed by atoms with E-state index in [2.05, 4.69) is 15.3 Å². The number of nitrogens with zero attached hydrogens (tertiary/aromatic N) is 1. The molecule has 146 valence electrons. The average Bonchev–Trinajstić information content (AvgIpc) is 3.12. The Hall–Kier alpha value is -2.70. The molecule has 1 amide bonds. The van der Waals surface area contributed by atoms with Gasteiger partial charge in [-0.25, -0.2) is 4.98 Å². The molecule has 1 aliphatic carbocycles. The summed E-state index contributed by atoms with van der Waals surface area (Å²) >= 11 is 0. The van der Waals surface area contributed by atoms with Crippen LogP contribution < -0.4 is 11.1 Å². The first-order valence-electron chi connectivity index (χ1n) is 9.62. The lowest BCUT2D eigenvalue weighted by Gasteiger charge is -2.57. The molecular weight excluding hydrogens is 352 g/mol. The third-order valence-electron chi connectivity index (χ3n) is 6.02. The number of carbonyl (C=O) groups excluding carboxylic acids is 1. The monoisotopic (exact) mass is 378 g/mol. The molecule has 1 fully saturated rings. The second kappa shape index (κ2) is 6.72. The molecule has 0 spiro atoms. The fourth-order valence-electron chi connectivity index (χ4n) is 3.90. The van der Waals surface area contributed by atoms with Crippen molar-refractivity contribution in [3.05, 3.63) is 48.5 Å². The summed E-state index contributed by atoms with van der Waals surface area (Å²) in [5.74, 6) is 0.579. The molecule has 0 radical (unpaired) electrons. The Morgan fingerprint density at radius 1 is 1.29 bits per heavy atom. The number of anilines is 1. The van der Waals surface area contributed by atoms with Crippen LogP contribution in [0.5, 0.6) is 0 Å². The van der Waals surface area contributed by atoms with Gasteiger partial charge in [-0.1, -0.05) is 38.1 Å². The van der Waals surface area contributed by atoms with Gasteiger partial charge in [-0.3, -0.25) is 4.79 Å². The highest BCUT2D eigenvalue weighted by atomic mass is 16.5. The topological polar surface area (TPSA) is 93.0 Å². The van der Waals surface area contributed by atoms with E-state index in [0.717, 1.165) is 22.4 Å². The zero-order chi connectivity index (χ0) is 19.9. The zero-order valence-electron chi connectivity index (χ0n) is 16.5. The van der Waals surface area contributed by atoms with E-state index in [1.165, 1.54) is 0 Å². The first-order valence-corrected chi connectivity index (χ1v) is 9.62. The van der Waals surface area contributed by atoms with Crippen LogP contribution in [0.15, 0.2) is 48.5 Å². The smallest absolute Gasteiger partial charge is 0.245 e. The summed E-state index contributed by atoms with van der Waals surface area (Å²) in [5, 5.41) is 2.99. The van der Waals surface area contributed by atoms with Crippen molar-refractivity contribution in [1.29, 1.82) is 0 Å². The second-order valence-electron chi connectivity index (χ2n) is 7.98. The van der Waals surface area contributed by atoms with Crippen molar-refractivity contribution in [3.63, 3.8) is 0 Å². The number of hydrogen-bond donors (Lipinski definition) is 3. The number of imidazole rings is 1. The van der Waals surface area contributed by atoms with Gasteiger partial charge in [-0.2, -0.15) is 0 Å². The van der Waals surface area contributed by atoms with E-state index in [-0.39, 0.29) is 12.0 Å². The maximum absolute atomic E-state index is 13.0. The molecular formula is C22H26N4O2. The van der Waals surface area contributed by atoms with Gasteiger partial charge in [0.25, 0.3) is 0 Å². The number of nitrogens with one attached hydrogen (secondary N) is 2. The van der Waals surface area contributed by atoms with Crippen molar-refractivity contribution in [2.75, 3.05) is 11.9 Å². The van der Waals surface area contributed by atoms with E-state index in [1.54, 1.807) is 0 Å². The summed E-state index contributed by atoms with van der Waals surface area (Å²) in [7, 11) is 0. The Kier molecular flexibility index (Phi) is 4.48. The SMILES string of the molecule is CCOC1CC(N)(C(=O)Nc2cccc(-c3nc4ccccc4[nH]3)c2)C1(C)C. The highest BCUT2D eigenvalue weighted by Gasteiger charge is 2.62. The number of aromatic nitrogens is 2. The number of carbonyl (C=O) groups is 1. The lowest BCUT2D eigenvalue weighted by molar-refractivity contribution is -0.166. The number of H-pyrrole nitrogens is 1. The number of benzene rings is 2. The van der Waals surface area contributed by atoms with E-state index in [9.17, 15) is 4.79 Å². The van der Waals surface area contributed by atoms with Gasteiger partial charge < -0.3 is 20.8 Å². The Balaban J connectivity index is 1.55. The minimum atomic E-state index is -0.956. The number of rotatable bonds is 5. The molecule has 2 atom stereocenters. The molecule has 0 aliphatic heterocycles. The van der Waals surface area contributed by atoms with Crippen LogP contribution >= 0.6 is 0 Å². The average molecular weight is 378 g/mol. The largest absolute Gasteiger partial charge is 0.378 e. The van der Waals surface area contributed by atoms with Crippen molar-refractivity contribution < 1.29 is 9.53 Å². The summed E-state index contributed by atoms with van der Waals surface area (Å²) in [6, 6.07) is 15.5. The maximum atomic E-state index is 13.0. The number of amides is 1. The van der Waals surface area contributed by atoms with Gasteiger partial charge in [0, 0.05) is 29.7 Å². The molecule has 2 aromatic carbocycles. The summed E-state index contributed by atoms with van der Waals surface area (Å²) < 4.78 is 5.72. The number of ether oxygens (including phenoxy) is 1. The molecule has 1 aliphatic rings. The Morgan fingerprint density at radius 2 is 2.07 bits per heavy atom. The normalized spacial score (nSPS) is 23.4. The van der Waals surface area contributed by atoms with Crippen LogP contribution in [0.1, 0.15) is 27.2 Å². The van der Waals surface area contributed by atoms with Gasteiger partial charge in [0.1, 0.15) is 11.4 Å². The van der Waals surface area contributed by atoms with Crippen LogP contribution in [0.25, 0.3) is 22.4 Å². The first kappa shape index (κ1) is 18.7. The Bertz CT molecular complexity index is 993. The van der Waals surface area contributed by atoms with Crippen molar-refractivity contribution >= 4 is 22.6 Å². The maximum Gasteiger partial charge on any atom is 0.245 e. The van der Waals surface area contributed by atoms with Crippen LogP contribution in [0.4, 0.5) is 5.69 Å². The van der Waals surface area contributed by atoms with Gasteiger partial charge >= 0.3 is 0 Å². The highest BCUT2D eigenvalue weighted by Crippen LogP contribution is 2.50. The van der Waals surface area contributed by atoms with Crippen molar-refractivity contribution in [2.24, 2.45) is 11.1 Å². The fourth-order valence-corrected chi connectivity index (χ4v) is 3.90. The van der Waals surface area contributed by atoms with Crippen LogP contribution in [-0.4, -0.2) is 34.1 Å². The van der Waals surface area contributed by atoms with Gasteiger partial charge in [0.15, 0.2) is 0 Å². The molecule has 1 heterocycles. The van der Waals surface area contributed by atoms with Crippen LogP contribution in [0.3, 0.4) is 0 Å². The van der Waals surface area contributed by atoms with Crippen molar-refractivity contribution in [1.82, 2.24) is 9.97 Å². The summed E-state index contributed by atoms with van der Waals surface area (Å²) in [6.07, 6.45) is 0.512. The standard InChI is InChI=1S/C22H26N4O2/c1-4-28-18-13-22(23,21(18,2)3)20(27)24-15-9-7-8-14(12-15)19-25-16-10-5-6-11-17(16)26-19/h5-12,18H,4,13,23H2,1-3H3,(H,24,27)(H,25,26). The number of para-hydroxylation sites is 2. The van der Waals surface area contributed by atoms with Crippen LogP contribution in [-0.2, 0) is 9.53 Å². The molecule has 6 nitrogen and oxygen atoms in total. The number of nitrogens with two attached hydrogens (primary N) is 1. The zero-order valence-corrected chi connectivity index (χ0v) is 16.5. The quantitative estimate of drug-likeness (QED) is 0.631. The number of aromatic amines is 1. The second-order valence-corrected chi connectivity index (χ2v) is 7.98. The number of fused-ring (bicyclic) bond motifs is 1. The van der Waals surface area contributed by atoms with E-state index in [4.69, 9.17) is 10.5 Å². The molecule has 0 saturated heterocycles. The van der Waals surface area contributed by atoms with E-state index in [1.807, 2.05) is 69.3 Å². The van der Waals surface area contributed by atoms with Gasteiger partial charge in [0.05, 0.1) is 17.1 Å². The Morgan fingerprint density at radius 3 is 2.79 bits per heavy atom. The highest BCUT2D eigenvalue weighted by molar-refractivity contribution is 6.00. The molecule has 4 rings (SSSR count). The molecule has 6 heteroatoms. The predicted octanol–water partition coefficient (Wildman–Crippen LogP) is 3.70. The fraction of sp³-hybridized carbons (Fsp3) is 0.364. The van der Waals surface area contributed by atoms with E-state index in [0.29, 0.717) is 18.7 Å². The van der Waals surface area contributed by atoms with Crippen molar-refractivity contribution in [3.8, 4) is 11.4 Å². The van der Waals surface area contributed by atoms with E-state index >= 15 is 0 Å². The van der Waals surface area contributed by atoms with Crippen LogP contribution in [0, 0.1) is 5.41 Å². The molecule has 1 aromatic heterocycles. The molecule has 2 unspecified atom stereocenters. The molecule has 28 heavy (non-hydrogen) atoms. The number of hydrogen-bond acceptors (Lipinski definition) is 4. The molecule has 3 aromatic rings. The van der Waals surface area contributed by atoms with Crippen LogP contribution in [0.2, 0.25) is 0 Å². The first-order chi connectivity index (χ1) is 13.3. The molecule has 4 N–H and O–H groups in total.